The molecule has 0 aromatic carbocycles. The van der Waals surface area contributed by atoms with Gasteiger partial charge in [-0.3, -0.25) is 14.4 Å². The lowest BCUT2D eigenvalue weighted by Crippen LogP contribution is -2.30. The van der Waals surface area contributed by atoms with E-state index in [-0.39, 0.29) is 37.5 Å². The Balaban J connectivity index is 4.54. The van der Waals surface area contributed by atoms with Gasteiger partial charge in [-0.2, -0.15) is 0 Å². The second kappa shape index (κ2) is 50.7. The molecule has 0 fully saturated rings. The Hall–Kier alpha value is -3.93. The van der Waals surface area contributed by atoms with Gasteiger partial charge < -0.3 is 14.2 Å². The molecule has 6 heteroatoms. The van der Waals surface area contributed by atoms with Crippen molar-refractivity contribution in [1.29, 1.82) is 0 Å². The summed E-state index contributed by atoms with van der Waals surface area (Å²) < 4.78 is 16.7. The number of allylic oxidation sites excluding steroid dienone is 18. The third-order valence-corrected chi connectivity index (χ3v) is 10.2. The van der Waals surface area contributed by atoms with E-state index in [0.717, 1.165) is 135 Å². The molecular formula is C57H92O6. The fourth-order valence-electron chi connectivity index (χ4n) is 6.43. The second-order valence-electron chi connectivity index (χ2n) is 16.3. The summed E-state index contributed by atoms with van der Waals surface area (Å²) in [5.41, 5.74) is 0. The van der Waals surface area contributed by atoms with Crippen LogP contribution in [-0.4, -0.2) is 37.2 Å². The summed E-state index contributed by atoms with van der Waals surface area (Å²) >= 11 is 0. The van der Waals surface area contributed by atoms with Gasteiger partial charge in [0.05, 0.1) is 0 Å². The van der Waals surface area contributed by atoms with Gasteiger partial charge in [0.2, 0.25) is 0 Å². The minimum Gasteiger partial charge on any atom is -0.462 e. The molecule has 1 unspecified atom stereocenters. The van der Waals surface area contributed by atoms with Crippen LogP contribution in [0, 0.1) is 0 Å². The average molecular weight is 873 g/mol. The Morgan fingerprint density at radius 3 is 1.10 bits per heavy atom. The smallest absolute Gasteiger partial charge is 0.306 e. The van der Waals surface area contributed by atoms with Crippen molar-refractivity contribution in [3.8, 4) is 0 Å². The van der Waals surface area contributed by atoms with Gasteiger partial charge in [0.15, 0.2) is 6.10 Å². The lowest BCUT2D eigenvalue weighted by Gasteiger charge is -2.18. The summed E-state index contributed by atoms with van der Waals surface area (Å²) in [5, 5.41) is 0. The highest BCUT2D eigenvalue weighted by atomic mass is 16.6. The Kier molecular flexibility index (Phi) is 47.5. The van der Waals surface area contributed by atoms with Crippen molar-refractivity contribution < 1.29 is 28.6 Å². The first-order valence-corrected chi connectivity index (χ1v) is 25.4. The fraction of sp³-hybridized carbons (Fsp3) is 0.632. The summed E-state index contributed by atoms with van der Waals surface area (Å²) in [6, 6.07) is 0. The Morgan fingerprint density at radius 1 is 0.333 bits per heavy atom. The molecule has 0 saturated carbocycles. The van der Waals surface area contributed by atoms with E-state index in [9.17, 15) is 14.4 Å². The van der Waals surface area contributed by atoms with Crippen molar-refractivity contribution >= 4 is 17.9 Å². The summed E-state index contributed by atoms with van der Waals surface area (Å²) in [4.78, 5) is 37.9. The van der Waals surface area contributed by atoms with E-state index in [1.807, 2.05) is 0 Å². The number of esters is 3. The van der Waals surface area contributed by atoms with Gasteiger partial charge in [0, 0.05) is 19.3 Å². The fourth-order valence-corrected chi connectivity index (χ4v) is 6.43. The molecular weight excluding hydrogens is 781 g/mol. The molecule has 0 aliphatic carbocycles. The first kappa shape index (κ1) is 59.1. The molecule has 0 saturated heterocycles. The molecule has 1 atom stereocenters. The lowest BCUT2D eigenvalue weighted by molar-refractivity contribution is -0.167. The maximum atomic E-state index is 12.8. The molecule has 0 amide bonds. The quantitative estimate of drug-likeness (QED) is 0.0263. The second-order valence-corrected chi connectivity index (χ2v) is 16.3. The monoisotopic (exact) mass is 873 g/mol. The van der Waals surface area contributed by atoms with Crippen molar-refractivity contribution in [3.63, 3.8) is 0 Å². The predicted octanol–water partition coefficient (Wildman–Crippen LogP) is 16.8. The normalized spacial score (nSPS) is 13.0. The zero-order valence-corrected chi connectivity index (χ0v) is 40.5. The molecule has 6 nitrogen and oxygen atoms in total. The predicted molar refractivity (Wildman–Crippen MR) is 270 cm³/mol. The molecule has 0 aromatic rings. The largest absolute Gasteiger partial charge is 0.462 e. The highest BCUT2D eigenvalue weighted by molar-refractivity contribution is 5.71. The minimum atomic E-state index is -0.815. The number of carbonyl (C=O) groups is 3. The van der Waals surface area contributed by atoms with Gasteiger partial charge in [-0.05, 0) is 116 Å². The molecule has 0 aliphatic rings. The molecule has 0 heterocycles. The van der Waals surface area contributed by atoms with E-state index < -0.39 is 6.10 Å². The van der Waals surface area contributed by atoms with Crippen LogP contribution in [0.2, 0.25) is 0 Å². The number of rotatable bonds is 44. The molecule has 356 valence electrons. The molecule has 0 bridgehead atoms. The highest BCUT2D eigenvalue weighted by Gasteiger charge is 2.19. The summed E-state index contributed by atoms with van der Waals surface area (Å²) in [7, 11) is 0. The molecule has 0 radical (unpaired) electrons. The van der Waals surface area contributed by atoms with Crippen LogP contribution in [0.15, 0.2) is 109 Å². The Labute approximate surface area is 387 Å². The Bertz CT molecular complexity index is 1330. The van der Waals surface area contributed by atoms with Crippen LogP contribution in [0.4, 0.5) is 0 Å². The van der Waals surface area contributed by atoms with Gasteiger partial charge in [-0.15, -0.1) is 0 Å². The summed E-state index contributed by atoms with van der Waals surface area (Å²) in [5.74, 6) is -1.01. The number of ether oxygens (including phenoxy) is 3. The van der Waals surface area contributed by atoms with Crippen molar-refractivity contribution in [1.82, 2.24) is 0 Å². The van der Waals surface area contributed by atoms with E-state index in [0.29, 0.717) is 19.3 Å². The van der Waals surface area contributed by atoms with Gasteiger partial charge in [0.25, 0.3) is 0 Å². The van der Waals surface area contributed by atoms with Gasteiger partial charge in [0.1, 0.15) is 13.2 Å². The van der Waals surface area contributed by atoms with E-state index >= 15 is 0 Å². The number of hydrogen-bond donors (Lipinski definition) is 0. The van der Waals surface area contributed by atoms with Crippen LogP contribution in [0.5, 0.6) is 0 Å². The first-order chi connectivity index (χ1) is 31.0. The van der Waals surface area contributed by atoms with E-state index in [1.165, 1.54) is 32.1 Å². The van der Waals surface area contributed by atoms with Crippen molar-refractivity contribution in [2.45, 2.75) is 219 Å². The zero-order chi connectivity index (χ0) is 45.8. The third-order valence-electron chi connectivity index (χ3n) is 10.2. The molecule has 0 aliphatic heterocycles. The maximum Gasteiger partial charge on any atom is 0.306 e. The van der Waals surface area contributed by atoms with E-state index in [4.69, 9.17) is 14.2 Å². The van der Waals surface area contributed by atoms with Crippen molar-refractivity contribution in [3.05, 3.63) is 109 Å². The van der Waals surface area contributed by atoms with Gasteiger partial charge in [-0.1, -0.05) is 188 Å². The lowest BCUT2D eigenvalue weighted by atomic mass is 10.1. The third kappa shape index (κ3) is 49.0. The molecule has 63 heavy (non-hydrogen) atoms. The van der Waals surface area contributed by atoms with E-state index in [1.54, 1.807) is 0 Å². The number of carbonyl (C=O) groups excluding carboxylic acids is 3. The topological polar surface area (TPSA) is 78.9 Å². The summed E-state index contributed by atoms with van der Waals surface area (Å²) in [6.07, 6.45) is 67.8. The standard InChI is InChI=1S/C57H92O6/c1-4-7-10-13-16-19-22-25-27-28-30-32-35-38-41-44-47-50-56(59)62-53-54(52-61-55(58)49-46-43-40-37-34-31-24-21-18-15-12-9-6-3)63-57(60)51-48-45-42-39-36-33-29-26-23-20-17-14-11-8-5-2/h7,10,12,15-17,19-21,24-27,29-30,32,38,41,54H,4-6,8-9,11,13-14,18,22-23,28,31,33-37,39-40,42-53H2,1-3H3/b10-7-,15-12-,19-16-,20-17-,24-21-,27-25-,29-26-,32-30-,41-38-. The minimum absolute atomic E-state index is 0.111. The molecule has 0 aromatic heterocycles. The first-order valence-electron chi connectivity index (χ1n) is 25.4. The highest BCUT2D eigenvalue weighted by Crippen LogP contribution is 2.12. The van der Waals surface area contributed by atoms with Crippen LogP contribution in [0.25, 0.3) is 0 Å². The van der Waals surface area contributed by atoms with Crippen LogP contribution in [0.3, 0.4) is 0 Å². The van der Waals surface area contributed by atoms with Crippen LogP contribution in [-0.2, 0) is 28.6 Å². The zero-order valence-electron chi connectivity index (χ0n) is 40.5. The Morgan fingerprint density at radius 2 is 0.667 bits per heavy atom. The molecule has 0 spiro atoms. The average Bonchev–Trinajstić information content (AvgIpc) is 3.28. The SMILES string of the molecule is CC/C=C\C/C=C\C/C=C\C/C=C\C/C=C\CCCC(=O)OCC(COC(=O)CCCCCCC/C=C\C/C=C\CCC)OC(=O)CCCCCCC/C=C\C/C=C\CCCCC. The molecule has 0 rings (SSSR count). The number of unbranched alkanes of at least 4 members (excludes halogenated alkanes) is 15. The van der Waals surface area contributed by atoms with Crippen molar-refractivity contribution in [2.24, 2.45) is 0 Å². The summed E-state index contributed by atoms with van der Waals surface area (Å²) in [6.45, 7) is 6.34. The number of hydrogen-bond acceptors (Lipinski definition) is 6. The van der Waals surface area contributed by atoms with E-state index in [2.05, 4.69) is 130 Å². The van der Waals surface area contributed by atoms with Crippen molar-refractivity contribution in [2.75, 3.05) is 13.2 Å². The van der Waals surface area contributed by atoms with Gasteiger partial charge >= 0.3 is 17.9 Å². The maximum absolute atomic E-state index is 12.8. The van der Waals surface area contributed by atoms with Gasteiger partial charge in [-0.25, -0.2) is 0 Å². The van der Waals surface area contributed by atoms with Crippen LogP contribution in [0.1, 0.15) is 213 Å². The molecule has 0 N–H and O–H groups in total. The van der Waals surface area contributed by atoms with Crippen LogP contribution >= 0.6 is 0 Å². The van der Waals surface area contributed by atoms with Crippen LogP contribution < -0.4 is 0 Å².